The molecule has 0 saturated carbocycles. The number of amides is 1. The van der Waals surface area contributed by atoms with Crippen molar-refractivity contribution in [1.29, 1.82) is 0 Å². The summed E-state index contributed by atoms with van der Waals surface area (Å²) in [6.45, 7) is 5.17. The van der Waals surface area contributed by atoms with E-state index in [4.69, 9.17) is 10.5 Å². The predicted molar refractivity (Wildman–Crippen MR) is 59.5 cm³/mol. The summed E-state index contributed by atoms with van der Waals surface area (Å²) >= 11 is 0. The Hall–Kier alpha value is -0.610. The molecule has 15 heavy (non-hydrogen) atoms. The molecule has 3 N–H and O–H groups in total. The molecule has 0 bridgehead atoms. The van der Waals surface area contributed by atoms with Crippen LogP contribution in [0.25, 0.3) is 0 Å². The molecule has 88 valence electrons. The van der Waals surface area contributed by atoms with Gasteiger partial charge in [-0.3, -0.25) is 4.79 Å². The van der Waals surface area contributed by atoms with E-state index >= 15 is 0 Å². The minimum atomic E-state index is -0.363. The Balaban J connectivity index is 2.16. The van der Waals surface area contributed by atoms with Crippen LogP contribution in [0, 0.1) is 0 Å². The van der Waals surface area contributed by atoms with Gasteiger partial charge in [-0.1, -0.05) is 13.3 Å². The van der Waals surface area contributed by atoms with Crippen LogP contribution in [0.2, 0.25) is 0 Å². The first-order chi connectivity index (χ1) is 7.13. The third kappa shape index (κ3) is 4.18. The summed E-state index contributed by atoms with van der Waals surface area (Å²) in [5.74, 6) is -0.334. The van der Waals surface area contributed by atoms with Gasteiger partial charge in [-0.2, -0.15) is 0 Å². The van der Waals surface area contributed by atoms with Gasteiger partial charge in [0.2, 0.25) is 5.91 Å². The van der Waals surface area contributed by atoms with Crippen LogP contribution in [0.4, 0.5) is 0 Å². The van der Waals surface area contributed by atoms with Crippen molar-refractivity contribution >= 4 is 5.91 Å². The number of nitrogens with two attached hydrogens (primary N) is 1. The second kappa shape index (κ2) is 6.08. The molecule has 1 heterocycles. The lowest BCUT2D eigenvalue weighted by Gasteiger charge is -2.16. The second-order valence-electron chi connectivity index (χ2n) is 4.32. The average molecular weight is 214 g/mol. The SMILES string of the molecule is CCCC(C)NCC1CCC(C(N)=O)O1. The Labute approximate surface area is 91.5 Å². The molecule has 3 atom stereocenters. The van der Waals surface area contributed by atoms with Gasteiger partial charge in [-0.05, 0) is 26.2 Å². The zero-order valence-electron chi connectivity index (χ0n) is 9.66. The van der Waals surface area contributed by atoms with Crippen molar-refractivity contribution < 1.29 is 9.53 Å². The van der Waals surface area contributed by atoms with Gasteiger partial charge in [-0.15, -0.1) is 0 Å². The number of nitrogens with one attached hydrogen (secondary N) is 1. The Morgan fingerprint density at radius 2 is 2.33 bits per heavy atom. The third-order valence-electron chi connectivity index (χ3n) is 2.84. The molecule has 1 aliphatic heterocycles. The van der Waals surface area contributed by atoms with Gasteiger partial charge in [0.1, 0.15) is 6.10 Å². The number of carbonyl (C=O) groups excluding carboxylic acids is 1. The van der Waals surface area contributed by atoms with Gasteiger partial charge in [0, 0.05) is 12.6 Å². The molecule has 0 radical (unpaired) electrons. The zero-order valence-corrected chi connectivity index (χ0v) is 9.66. The molecule has 0 aromatic heterocycles. The lowest BCUT2D eigenvalue weighted by atomic mass is 10.1. The molecular formula is C11H22N2O2. The molecule has 0 spiro atoms. The van der Waals surface area contributed by atoms with E-state index in [0.29, 0.717) is 6.04 Å². The van der Waals surface area contributed by atoms with Crippen LogP contribution in [0.3, 0.4) is 0 Å². The van der Waals surface area contributed by atoms with Crippen molar-refractivity contribution in [2.24, 2.45) is 5.73 Å². The van der Waals surface area contributed by atoms with Crippen LogP contribution in [-0.2, 0) is 9.53 Å². The monoisotopic (exact) mass is 214 g/mol. The number of carbonyl (C=O) groups is 1. The first kappa shape index (κ1) is 12.5. The van der Waals surface area contributed by atoms with E-state index in [0.717, 1.165) is 19.4 Å². The fourth-order valence-electron chi connectivity index (χ4n) is 1.93. The van der Waals surface area contributed by atoms with Crippen molar-refractivity contribution in [1.82, 2.24) is 5.32 Å². The van der Waals surface area contributed by atoms with Gasteiger partial charge >= 0.3 is 0 Å². The third-order valence-corrected chi connectivity index (χ3v) is 2.84. The van der Waals surface area contributed by atoms with Crippen molar-refractivity contribution in [2.45, 2.75) is 57.8 Å². The molecule has 1 rings (SSSR count). The molecule has 3 unspecified atom stereocenters. The van der Waals surface area contributed by atoms with Gasteiger partial charge < -0.3 is 15.8 Å². The summed E-state index contributed by atoms with van der Waals surface area (Å²) in [6, 6.07) is 0.520. The first-order valence-electron chi connectivity index (χ1n) is 5.81. The Morgan fingerprint density at radius 1 is 1.60 bits per heavy atom. The summed E-state index contributed by atoms with van der Waals surface area (Å²) in [4.78, 5) is 10.9. The van der Waals surface area contributed by atoms with Crippen molar-refractivity contribution in [3.8, 4) is 0 Å². The van der Waals surface area contributed by atoms with E-state index in [9.17, 15) is 4.79 Å². The molecule has 0 aromatic rings. The highest BCUT2D eigenvalue weighted by Gasteiger charge is 2.28. The quantitative estimate of drug-likeness (QED) is 0.687. The van der Waals surface area contributed by atoms with Crippen LogP contribution < -0.4 is 11.1 Å². The maximum atomic E-state index is 10.9. The highest BCUT2D eigenvalue weighted by atomic mass is 16.5. The largest absolute Gasteiger partial charge is 0.367 e. The summed E-state index contributed by atoms with van der Waals surface area (Å²) in [5, 5.41) is 3.41. The Morgan fingerprint density at radius 3 is 2.87 bits per heavy atom. The molecule has 1 fully saturated rings. The Kier molecular flexibility index (Phi) is 5.05. The van der Waals surface area contributed by atoms with Crippen LogP contribution in [0.15, 0.2) is 0 Å². The van der Waals surface area contributed by atoms with Gasteiger partial charge in [0.05, 0.1) is 6.10 Å². The van der Waals surface area contributed by atoms with E-state index in [1.807, 2.05) is 0 Å². The minimum Gasteiger partial charge on any atom is -0.367 e. The standard InChI is InChI=1S/C11H22N2O2/c1-3-4-8(2)13-7-9-5-6-10(15-9)11(12)14/h8-10,13H,3-7H2,1-2H3,(H2,12,14). The zero-order chi connectivity index (χ0) is 11.3. The van der Waals surface area contributed by atoms with Gasteiger partial charge in [0.15, 0.2) is 0 Å². The van der Waals surface area contributed by atoms with Crippen molar-refractivity contribution in [3.63, 3.8) is 0 Å². The van der Waals surface area contributed by atoms with Gasteiger partial charge in [-0.25, -0.2) is 0 Å². The maximum Gasteiger partial charge on any atom is 0.246 e. The smallest absolute Gasteiger partial charge is 0.246 e. The molecule has 1 saturated heterocycles. The minimum absolute atomic E-state index is 0.154. The lowest BCUT2D eigenvalue weighted by Crippen LogP contribution is -2.35. The summed E-state index contributed by atoms with van der Waals surface area (Å²) < 4.78 is 5.51. The fraction of sp³-hybridized carbons (Fsp3) is 0.909. The molecule has 1 amide bonds. The van der Waals surface area contributed by atoms with Crippen molar-refractivity contribution in [3.05, 3.63) is 0 Å². The fourth-order valence-corrected chi connectivity index (χ4v) is 1.93. The number of primary amides is 1. The van der Waals surface area contributed by atoms with Crippen LogP contribution >= 0.6 is 0 Å². The predicted octanol–water partition coefficient (Wildman–Crippen LogP) is 0.797. The molecule has 1 aliphatic rings. The number of rotatable bonds is 6. The first-order valence-corrected chi connectivity index (χ1v) is 5.81. The summed E-state index contributed by atoms with van der Waals surface area (Å²) in [7, 11) is 0. The van der Waals surface area contributed by atoms with Crippen LogP contribution in [0.1, 0.15) is 39.5 Å². The molecule has 0 aromatic carbocycles. The highest BCUT2D eigenvalue weighted by Crippen LogP contribution is 2.18. The number of ether oxygens (including phenoxy) is 1. The number of hydrogen-bond donors (Lipinski definition) is 2. The topological polar surface area (TPSA) is 64.3 Å². The average Bonchev–Trinajstić information content (AvgIpc) is 2.63. The molecule has 0 aliphatic carbocycles. The van der Waals surface area contributed by atoms with E-state index in [2.05, 4.69) is 19.2 Å². The Bertz CT molecular complexity index is 209. The molecular weight excluding hydrogens is 192 g/mol. The second-order valence-corrected chi connectivity index (χ2v) is 4.32. The maximum absolute atomic E-state index is 10.9. The highest BCUT2D eigenvalue weighted by molar-refractivity contribution is 5.79. The lowest BCUT2D eigenvalue weighted by molar-refractivity contribution is -0.128. The van der Waals surface area contributed by atoms with E-state index in [1.165, 1.54) is 12.8 Å². The number of hydrogen-bond acceptors (Lipinski definition) is 3. The van der Waals surface area contributed by atoms with E-state index in [-0.39, 0.29) is 18.1 Å². The molecule has 4 nitrogen and oxygen atoms in total. The molecule has 4 heteroatoms. The van der Waals surface area contributed by atoms with E-state index < -0.39 is 0 Å². The summed E-state index contributed by atoms with van der Waals surface area (Å²) in [6.07, 6.45) is 3.85. The van der Waals surface area contributed by atoms with Crippen LogP contribution in [-0.4, -0.2) is 30.7 Å². The van der Waals surface area contributed by atoms with Crippen LogP contribution in [0.5, 0.6) is 0 Å². The summed E-state index contributed by atoms with van der Waals surface area (Å²) in [5.41, 5.74) is 5.18. The normalized spacial score (nSPS) is 27.9. The van der Waals surface area contributed by atoms with Gasteiger partial charge in [0.25, 0.3) is 0 Å². The van der Waals surface area contributed by atoms with Crippen molar-refractivity contribution in [2.75, 3.05) is 6.54 Å². The van der Waals surface area contributed by atoms with E-state index in [1.54, 1.807) is 0 Å².